The van der Waals surface area contributed by atoms with Gasteiger partial charge in [0.15, 0.2) is 0 Å². The highest BCUT2D eigenvalue weighted by molar-refractivity contribution is 7.83. The fourth-order valence-electron chi connectivity index (χ4n) is 0.151. The van der Waals surface area contributed by atoms with Gasteiger partial charge in [-0.25, -0.2) is 0 Å². The molecule has 0 aromatic rings. The Morgan fingerprint density at radius 3 is 2.57 bits per heavy atom. The third-order valence-corrected chi connectivity index (χ3v) is 0.491. The molecule has 1 radical (unpaired) electrons. The summed E-state index contributed by atoms with van der Waals surface area (Å²) in [4.78, 5) is 9.99. The number of hydrogen-bond donors (Lipinski definition) is 1. The number of carbonyl (C=O) groups excluding carboxylic acids is 1. The predicted octanol–water partition coefficient (Wildman–Crippen LogP) is 0.791. The zero-order valence-corrected chi connectivity index (χ0v) is 4.79. The molecule has 0 atom stereocenters. The van der Waals surface area contributed by atoms with Crippen molar-refractivity contribution in [2.24, 2.45) is 0 Å². The summed E-state index contributed by atoms with van der Waals surface area (Å²) in [6.45, 7) is 1.43. The molecule has 0 rings (SSSR count). The number of rotatable bonds is 1. The van der Waals surface area contributed by atoms with Gasteiger partial charge in [0.1, 0.15) is 0 Å². The van der Waals surface area contributed by atoms with Gasteiger partial charge in [0.25, 0.3) is 0 Å². The standard InChI is InChI=1S/C4H6NOS/c1-4(6)5-2-3-7/h2-3H,1H3,(H,5,6)/b3-2-. The Hall–Kier alpha value is -0.570. The highest BCUT2D eigenvalue weighted by Crippen LogP contribution is 1.70. The van der Waals surface area contributed by atoms with Crippen LogP contribution >= 0.6 is 12.6 Å². The summed E-state index contributed by atoms with van der Waals surface area (Å²) in [7, 11) is 0. The van der Waals surface area contributed by atoms with Crippen LogP contribution in [-0.4, -0.2) is 5.91 Å². The van der Waals surface area contributed by atoms with E-state index in [0.717, 1.165) is 0 Å². The maximum atomic E-state index is 9.99. The molecule has 3 heteroatoms. The van der Waals surface area contributed by atoms with Crippen molar-refractivity contribution in [3.63, 3.8) is 0 Å². The van der Waals surface area contributed by atoms with E-state index in [9.17, 15) is 4.79 Å². The lowest BCUT2D eigenvalue weighted by atomic mass is 10.7. The average Bonchev–Trinajstić information content (AvgIpc) is 1.61. The second kappa shape index (κ2) is 3.61. The van der Waals surface area contributed by atoms with Crippen molar-refractivity contribution in [2.75, 3.05) is 0 Å². The Balaban J connectivity index is 3.14. The molecule has 7 heavy (non-hydrogen) atoms. The molecule has 0 aliphatic rings. The molecule has 0 aliphatic heterocycles. The van der Waals surface area contributed by atoms with Crippen molar-refractivity contribution in [1.29, 1.82) is 0 Å². The third-order valence-electron chi connectivity index (χ3n) is 0.355. The van der Waals surface area contributed by atoms with Crippen molar-refractivity contribution in [3.05, 3.63) is 11.6 Å². The molecular formula is C4H6NOS. The summed E-state index contributed by atoms with van der Waals surface area (Å²) in [6.07, 6.45) is 1.41. The van der Waals surface area contributed by atoms with Gasteiger partial charge in [0.2, 0.25) is 5.91 Å². The van der Waals surface area contributed by atoms with Crippen LogP contribution in [0.3, 0.4) is 0 Å². The van der Waals surface area contributed by atoms with E-state index in [-0.39, 0.29) is 5.91 Å². The Morgan fingerprint density at radius 2 is 2.43 bits per heavy atom. The molecule has 0 spiro atoms. The molecule has 0 aromatic heterocycles. The Morgan fingerprint density at radius 1 is 1.86 bits per heavy atom. The zero-order chi connectivity index (χ0) is 5.70. The minimum absolute atomic E-state index is 0.0962. The van der Waals surface area contributed by atoms with Crippen molar-refractivity contribution in [2.45, 2.75) is 6.92 Å². The van der Waals surface area contributed by atoms with Gasteiger partial charge in [-0.05, 0) is 0 Å². The van der Waals surface area contributed by atoms with Gasteiger partial charge in [-0.3, -0.25) is 4.79 Å². The first-order valence-corrected chi connectivity index (χ1v) is 2.28. The van der Waals surface area contributed by atoms with Gasteiger partial charge < -0.3 is 5.32 Å². The molecule has 1 amide bonds. The average molecular weight is 116 g/mol. The lowest BCUT2D eigenvalue weighted by Gasteiger charge is -1.84. The zero-order valence-electron chi connectivity index (χ0n) is 3.97. The van der Waals surface area contributed by atoms with Crippen molar-refractivity contribution in [3.8, 4) is 0 Å². The fraction of sp³-hybridized carbons (Fsp3) is 0.250. The largest absolute Gasteiger partial charge is 0.332 e. The van der Waals surface area contributed by atoms with Gasteiger partial charge in [0.05, 0.1) is 0 Å². The van der Waals surface area contributed by atoms with Crippen LogP contribution in [0.2, 0.25) is 0 Å². The highest BCUT2D eigenvalue weighted by Gasteiger charge is 1.77. The monoisotopic (exact) mass is 116 g/mol. The summed E-state index contributed by atoms with van der Waals surface area (Å²) in [5.41, 5.74) is 0. The first kappa shape index (κ1) is 6.43. The maximum Gasteiger partial charge on any atom is 0.220 e. The van der Waals surface area contributed by atoms with Crippen LogP contribution < -0.4 is 5.32 Å². The molecule has 0 fully saturated rings. The summed E-state index contributed by atoms with van der Waals surface area (Å²) in [5, 5.41) is 3.72. The predicted molar refractivity (Wildman–Crippen MR) is 30.5 cm³/mol. The molecule has 0 heterocycles. The molecule has 0 aliphatic carbocycles. The van der Waals surface area contributed by atoms with Crippen LogP contribution in [0.15, 0.2) is 11.6 Å². The normalized spacial score (nSPS) is 9.29. The molecule has 0 aromatic carbocycles. The van der Waals surface area contributed by atoms with Crippen molar-refractivity contribution in [1.82, 2.24) is 5.32 Å². The van der Waals surface area contributed by atoms with Gasteiger partial charge in [0, 0.05) is 18.5 Å². The number of amides is 1. The van der Waals surface area contributed by atoms with Crippen LogP contribution in [0.5, 0.6) is 0 Å². The number of hydrogen-bond acceptors (Lipinski definition) is 1. The third kappa shape index (κ3) is 5.43. The Bertz CT molecular complexity index is 89.7. The van der Waals surface area contributed by atoms with E-state index in [2.05, 4.69) is 17.9 Å². The van der Waals surface area contributed by atoms with Crippen LogP contribution in [0.25, 0.3) is 0 Å². The lowest BCUT2D eigenvalue weighted by Crippen LogP contribution is -2.10. The van der Waals surface area contributed by atoms with Gasteiger partial charge in [-0.1, -0.05) is 12.6 Å². The maximum absolute atomic E-state index is 9.99. The van der Waals surface area contributed by atoms with Crippen molar-refractivity contribution < 1.29 is 4.79 Å². The van der Waals surface area contributed by atoms with Crippen LogP contribution in [0, 0.1) is 0 Å². The summed E-state index contributed by atoms with van der Waals surface area (Å²) in [6, 6.07) is 0. The van der Waals surface area contributed by atoms with Crippen LogP contribution in [-0.2, 0) is 4.79 Å². The van der Waals surface area contributed by atoms with E-state index < -0.39 is 0 Å². The number of carbonyl (C=O) groups is 1. The van der Waals surface area contributed by atoms with E-state index in [0.29, 0.717) is 0 Å². The molecule has 0 saturated heterocycles. The highest BCUT2D eigenvalue weighted by atomic mass is 32.1. The topological polar surface area (TPSA) is 29.1 Å². The number of nitrogens with one attached hydrogen (secondary N) is 1. The van der Waals surface area contributed by atoms with E-state index in [1.165, 1.54) is 18.5 Å². The molecule has 2 nitrogen and oxygen atoms in total. The molecular weight excluding hydrogens is 110 g/mol. The molecule has 0 bridgehead atoms. The first-order valence-electron chi connectivity index (χ1n) is 1.81. The Kier molecular flexibility index (Phi) is 3.32. The molecule has 1 N–H and O–H groups in total. The minimum atomic E-state index is -0.0962. The van der Waals surface area contributed by atoms with Crippen LogP contribution in [0.4, 0.5) is 0 Å². The second-order valence-corrected chi connectivity index (χ2v) is 1.28. The molecule has 0 saturated carbocycles. The lowest BCUT2D eigenvalue weighted by molar-refractivity contribution is -0.118. The first-order chi connectivity index (χ1) is 3.27. The SMILES string of the molecule is CC(=O)N/C=C\[S]. The minimum Gasteiger partial charge on any atom is -0.332 e. The van der Waals surface area contributed by atoms with Crippen molar-refractivity contribution >= 4 is 18.5 Å². The second-order valence-electron chi connectivity index (χ2n) is 1.00. The van der Waals surface area contributed by atoms with Gasteiger partial charge in [-0.2, -0.15) is 0 Å². The summed E-state index contributed by atoms with van der Waals surface area (Å²) >= 11 is 4.38. The summed E-state index contributed by atoms with van der Waals surface area (Å²) in [5.74, 6) is -0.0962. The quantitative estimate of drug-likeness (QED) is 0.539. The Labute approximate surface area is 48.0 Å². The van der Waals surface area contributed by atoms with Gasteiger partial charge in [-0.15, -0.1) is 0 Å². The van der Waals surface area contributed by atoms with E-state index in [4.69, 9.17) is 0 Å². The van der Waals surface area contributed by atoms with E-state index in [1.807, 2.05) is 0 Å². The fourth-order valence-corrected chi connectivity index (χ4v) is 0.219. The smallest absolute Gasteiger partial charge is 0.220 e. The van der Waals surface area contributed by atoms with Crippen LogP contribution in [0.1, 0.15) is 6.92 Å². The van der Waals surface area contributed by atoms with E-state index >= 15 is 0 Å². The molecule has 39 valence electrons. The summed E-state index contributed by atoms with van der Waals surface area (Å²) < 4.78 is 0. The molecule has 0 unspecified atom stereocenters. The van der Waals surface area contributed by atoms with Gasteiger partial charge >= 0.3 is 0 Å². The van der Waals surface area contributed by atoms with E-state index in [1.54, 1.807) is 0 Å².